The fourth-order valence-corrected chi connectivity index (χ4v) is 1.91. The predicted molar refractivity (Wildman–Crippen MR) is 66.7 cm³/mol. The Bertz CT molecular complexity index is 600. The molecule has 0 N–H and O–H groups in total. The summed E-state index contributed by atoms with van der Waals surface area (Å²) in [4.78, 5) is 8.50. The second kappa shape index (κ2) is 4.52. The van der Waals surface area contributed by atoms with Gasteiger partial charge in [0.05, 0.1) is 17.0 Å². The molecule has 0 aliphatic rings. The molecule has 0 radical (unpaired) electrons. The average molecular weight is 244 g/mol. The largest absolute Gasteiger partial charge is 0.255 e. The number of hydrogen-bond donors (Lipinski definition) is 0. The molecular weight excluding hydrogens is 234 g/mol. The van der Waals surface area contributed by atoms with E-state index in [1.54, 1.807) is 6.20 Å². The maximum Gasteiger partial charge on any atom is 0.147 e. The van der Waals surface area contributed by atoms with Gasteiger partial charge in [-0.15, -0.1) is 0 Å². The SMILES string of the molecule is Cc1c(-c2ccccn2)nc(Cl)c(C#N)c1C. The van der Waals surface area contributed by atoms with Crippen LogP contribution >= 0.6 is 11.6 Å². The minimum absolute atomic E-state index is 0.233. The fraction of sp³-hybridized carbons (Fsp3) is 0.154. The van der Waals surface area contributed by atoms with Crippen LogP contribution in [-0.2, 0) is 0 Å². The molecule has 3 nitrogen and oxygen atoms in total. The molecule has 2 aromatic heterocycles. The highest BCUT2D eigenvalue weighted by Gasteiger charge is 2.14. The van der Waals surface area contributed by atoms with Gasteiger partial charge in [0.1, 0.15) is 11.2 Å². The Morgan fingerprint density at radius 3 is 2.59 bits per heavy atom. The number of halogens is 1. The highest BCUT2D eigenvalue weighted by atomic mass is 35.5. The summed E-state index contributed by atoms with van der Waals surface area (Å²) in [7, 11) is 0. The minimum atomic E-state index is 0.233. The fourth-order valence-electron chi connectivity index (χ4n) is 1.64. The summed E-state index contributed by atoms with van der Waals surface area (Å²) >= 11 is 6.00. The standard InChI is InChI=1S/C13H10ClN3/c1-8-9(2)12(11-5-3-4-6-16-11)17-13(14)10(8)7-15/h3-6H,1-2H3. The predicted octanol–water partition coefficient (Wildman–Crippen LogP) is 3.29. The maximum absolute atomic E-state index is 9.00. The van der Waals surface area contributed by atoms with Crippen molar-refractivity contribution in [3.63, 3.8) is 0 Å². The molecule has 0 fully saturated rings. The number of nitrogens with zero attached hydrogens (tertiary/aromatic N) is 3. The number of nitriles is 1. The van der Waals surface area contributed by atoms with E-state index in [2.05, 4.69) is 16.0 Å². The van der Waals surface area contributed by atoms with Gasteiger partial charge in [-0.3, -0.25) is 4.98 Å². The van der Waals surface area contributed by atoms with Gasteiger partial charge in [0.25, 0.3) is 0 Å². The van der Waals surface area contributed by atoms with Crippen molar-refractivity contribution < 1.29 is 0 Å². The summed E-state index contributed by atoms with van der Waals surface area (Å²) in [6, 6.07) is 7.68. The van der Waals surface area contributed by atoms with Gasteiger partial charge in [0, 0.05) is 6.20 Å². The Balaban J connectivity index is 2.71. The zero-order valence-corrected chi connectivity index (χ0v) is 10.3. The van der Waals surface area contributed by atoms with E-state index in [9.17, 15) is 0 Å². The molecule has 2 aromatic rings. The van der Waals surface area contributed by atoms with Crippen LogP contribution in [0.3, 0.4) is 0 Å². The van der Waals surface area contributed by atoms with Crippen LogP contribution in [0.15, 0.2) is 24.4 Å². The first kappa shape index (κ1) is 11.6. The van der Waals surface area contributed by atoms with E-state index in [4.69, 9.17) is 16.9 Å². The van der Waals surface area contributed by atoms with Crippen molar-refractivity contribution in [3.8, 4) is 17.5 Å². The summed E-state index contributed by atoms with van der Waals surface area (Å²) in [6.45, 7) is 3.79. The molecule has 0 saturated heterocycles. The van der Waals surface area contributed by atoms with Crippen molar-refractivity contribution in [2.24, 2.45) is 0 Å². The highest BCUT2D eigenvalue weighted by Crippen LogP contribution is 2.27. The van der Waals surface area contributed by atoms with E-state index in [0.717, 1.165) is 22.5 Å². The summed E-state index contributed by atoms with van der Waals surface area (Å²) in [5.74, 6) is 0. The molecule has 2 rings (SSSR count). The molecule has 17 heavy (non-hydrogen) atoms. The molecule has 2 heterocycles. The Morgan fingerprint density at radius 1 is 1.24 bits per heavy atom. The van der Waals surface area contributed by atoms with Crippen molar-refractivity contribution >= 4 is 11.6 Å². The van der Waals surface area contributed by atoms with Crippen LogP contribution in [0.25, 0.3) is 11.4 Å². The molecule has 0 spiro atoms. The van der Waals surface area contributed by atoms with Gasteiger partial charge >= 0.3 is 0 Å². The first-order valence-corrected chi connectivity index (χ1v) is 5.51. The van der Waals surface area contributed by atoms with Crippen LogP contribution in [0.1, 0.15) is 16.7 Å². The lowest BCUT2D eigenvalue weighted by molar-refractivity contribution is 1.17. The normalized spacial score (nSPS) is 10.0. The Hall–Kier alpha value is -1.92. The van der Waals surface area contributed by atoms with Gasteiger partial charge in [-0.05, 0) is 37.1 Å². The number of pyridine rings is 2. The van der Waals surface area contributed by atoms with E-state index in [1.807, 2.05) is 32.0 Å². The van der Waals surface area contributed by atoms with E-state index < -0.39 is 0 Å². The van der Waals surface area contributed by atoms with Crippen LogP contribution in [-0.4, -0.2) is 9.97 Å². The second-order valence-corrected chi connectivity index (χ2v) is 4.06. The molecule has 0 saturated carbocycles. The monoisotopic (exact) mass is 243 g/mol. The molecule has 84 valence electrons. The van der Waals surface area contributed by atoms with Crippen LogP contribution in [0.4, 0.5) is 0 Å². The van der Waals surface area contributed by atoms with E-state index in [0.29, 0.717) is 5.56 Å². The van der Waals surface area contributed by atoms with Gasteiger partial charge in [0.15, 0.2) is 0 Å². The third kappa shape index (κ3) is 2.00. The third-order valence-corrected chi connectivity index (χ3v) is 3.00. The quantitative estimate of drug-likeness (QED) is 0.722. The van der Waals surface area contributed by atoms with Crippen LogP contribution in [0, 0.1) is 25.2 Å². The van der Waals surface area contributed by atoms with Gasteiger partial charge < -0.3 is 0 Å². The van der Waals surface area contributed by atoms with Crippen molar-refractivity contribution in [1.29, 1.82) is 5.26 Å². The lowest BCUT2D eigenvalue weighted by Crippen LogP contribution is -1.98. The Kier molecular flexibility index (Phi) is 3.08. The van der Waals surface area contributed by atoms with Crippen molar-refractivity contribution in [2.75, 3.05) is 0 Å². The number of rotatable bonds is 1. The topological polar surface area (TPSA) is 49.6 Å². The van der Waals surface area contributed by atoms with Crippen LogP contribution < -0.4 is 0 Å². The molecular formula is C13H10ClN3. The average Bonchev–Trinajstić information content (AvgIpc) is 2.35. The summed E-state index contributed by atoms with van der Waals surface area (Å²) in [5, 5.41) is 9.23. The van der Waals surface area contributed by atoms with E-state index in [1.165, 1.54) is 0 Å². The Labute approximate surface area is 105 Å². The van der Waals surface area contributed by atoms with Crippen LogP contribution in [0.5, 0.6) is 0 Å². The summed E-state index contributed by atoms with van der Waals surface area (Å²) in [5.41, 5.74) is 3.72. The van der Waals surface area contributed by atoms with Crippen molar-refractivity contribution in [1.82, 2.24) is 9.97 Å². The first-order valence-electron chi connectivity index (χ1n) is 5.13. The zero-order chi connectivity index (χ0) is 12.4. The first-order chi connectivity index (χ1) is 8.15. The summed E-state index contributed by atoms with van der Waals surface area (Å²) < 4.78 is 0. The molecule has 0 amide bonds. The molecule has 0 aliphatic carbocycles. The Morgan fingerprint density at radius 2 is 2.00 bits per heavy atom. The lowest BCUT2D eigenvalue weighted by Gasteiger charge is -2.09. The molecule has 0 unspecified atom stereocenters. The third-order valence-electron chi connectivity index (χ3n) is 2.73. The maximum atomic E-state index is 9.00. The molecule has 0 aromatic carbocycles. The van der Waals surface area contributed by atoms with E-state index in [-0.39, 0.29) is 5.15 Å². The van der Waals surface area contributed by atoms with Gasteiger partial charge in [-0.25, -0.2) is 4.98 Å². The highest BCUT2D eigenvalue weighted by molar-refractivity contribution is 6.30. The van der Waals surface area contributed by atoms with Gasteiger partial charge in [-0.2, -0.15) is 5.26 Å². The van der Waals surface area contributed by atoms with Crippen LogP contribution in [0.2, 0.25) is 5.15 Å². The van der Waals surface area contributed by atoms with Crippen molar-refractivity contribution in [3.05, 3.63) is 46.2 Å². The molecule has 0 bridgehead atoms. The van der Waals surface area contributed by atoms with Gasteiger partial charge in [0.2, 0.25) is 0 Å². The number of aromatic nitrogens is 2. The second-order valence-electron chi connectivity index (χ2n) is 3.70. The smallest absolute Gasteiger partial charge is 0.147 e. The zero-order valence-electron chi connectivity index (χ0n) is 9.53. The lowest BCUT2D eigenvalue weighted by atomic mass is 10.0. The molecule has 0 aliphatic heterocycles. The van der Waals surface area contributed by atoms with Crippen molar-refractivity contribution in [2.45, 2.75) is 13.8 Å². The number of hydrogen-bond acceptors (Lipinski definition) is 3. The molecule has 4 heteroatoms. The van der Waals surface area contributed by atoms with Gasteiger partial charge in [-0.1, -0.05) is 17.7 Å². The van der Waals surface area contributed by atoms with E-state index >= 15 is 0 Å². The molecule has 0 atom stereocenters. The summed E-state index contributed by atoms with van der Waals surface area (Å²) in [6.07, 6.45) is 1.71. The minimum Gasteiger partial charge on any atom is -0.255 e.